The van der Waals surface area contributed by atoms with Crippen LogP contribution in [0.25, 0.3) is 33.8 Å². The van der Waals surface area contributed by atoms with Crippen molar-refractivity contribution < 1.29 is 23.0 Å². The number of rotatable bonds is 12. The zero-order chi connectivity index (χ0) is 29.8. The zero-order valence-corrected chi connectivity index (χ0v) is 24.2. The summed E-state index contributed by atoms with van der Waals surface area (Å²) in [6, 6.07) is 6.94. The topological polar surface area (TPSA) is 92.1 Å². The number of likely N-dealkylation sites (N-methyl/N-ethyl adjacent to an activating group) is 1. The summed E-state index contributed by atoms with van der Waals surface area (Å²) >= 11 is 6.82. The average molecular weight is 591 g/mol. The minimum absolute atomic E-state index is 0.0818. The number of ether oxygens (including phenoxy) is 1. The molecule has 0 aliphatic carbocycles. The van der Waals surface area contributed by atoms with Crippen LogP contribution in [0.4, 0.5) is 13.2 Å². The third-order valence-electron chi connectivity index (χ3n) is 6.80. The van der Waals surface area contributed by atoms with Crippen LogP contribution in [0.2, 0.25) is 5.02 Å². The molecule has 3 aromatic heterocycles. The molecule has 4 aromatic rings. The molecule has 0 radical (unpaired) electrons. The van der Waals surface area contributed by atoms with Crippen LogP contribution in [0.15, 0.2) is 49.1 Å². The summed E-state index contributed by atoms with van der Waals surface area (Å²) < 4.78 is 50.2. The van der Waals surface area contributed by atoms with E-state index in [4.69, 9.17) is 16.3 Å². The van der Waals surface area contributed by atoms with Crippen molar-refractivity contribution in [2.24, 2.45) is 0 Å². The summed E-state index contributed by atoms with van der Waals surface area (Å²) in [4.78, 5) is 13.9. The maximum atomic E-state index is 14.4. The van der Waals surface area contributed by atoms with Gasteiger partial charge < -0.3 is 19.7 Å². The summed E-state index contributed by atoms with van der Waals surface area (Å²) in [6.07, 6.45) is 1.17. The molecule has 4 rings (SSSR count). The first-order valence-electron chi connectivity index (χ1n) is 13.4. The van der Waals surface area contributed by atoms with E-state index in [0.717, 1.165) is 24.3 Å². The number of aryl methyl sites for hydroxylation is 1. The molecule has 2 N–H and O–H groups in total. The SMILES string of the molecule is CCN(CC)CCOc1cccc(-c2c[nH]c(-c3cnn(CCC(C)(C)O)c3C(F)(F)F)c2-c2ncccn2)c1Cl. The Balaban J connectivity index is 1.82. The van der Waals surface area contributed by atoms with E-state index in [0.29, 0.717) is 34.1 Å². The number of hydrogen-bond donors (Lipinski definition) is 2. The van der Waals surface area contributed by atoms with Gasteiger partial charge >= 0.3 is 6.18 Å². The predicted octanol–water partition coefficient (Wildman–Crippen LogP) is 6.56. The molecule has 41 heavy (non-hydrogen) atoms. The number of hydrogen-bond acceptors (Lipinski definition) is 6. The number of aromatic amines is 1. The fraction of sp³-hybridized carbons (Fsp3) is 0.414. The van der Waals surface area contributed by atoms with Crippen molar-refractivity contribution in [2.45, 2.75) is 52.4 Å². The van der Waals surface area contributed by atoms with Gasteiger partial charge in [-0.15, -0.1) is 0 Å². The molecule has 0 saturated carbocycles. The maximum absolute atomic E-state index is 14.4. The number of halogens is 4. The quantitative estimate of drug-likeness (QED) is 0.194. The fourth-order valence-corrected chi connectivity index (χ4v) is 4.86. The van der Waals surface area contributed by atoms with Gasteiger partial charge in [0, 0.05) is 48.4 Å². The molecule has 3 heterocycles. The molecule has 0 spiro atoms. The standard InChI is InChI=1S/C29H34ClF3N6O2/c1-5-38(6-2)15-16-41-22-10-7-9-19(24(22)30)20-17-36-25(23(20)27-34-12-8-13-35-27)21-18-37-39(14-11-28(3,4)40)26(21)29(31,32)33/h7-10,12-13,17-18,36,40H,5-6,11,14-16H2,1-4H3. The lowest BCUT2D eigenvalue weighted by atomic mass is 9.98. The van der Waals surface area contributed by atoms with E-state index in [9.17, 15) is 18.3 Å². The summed E-state index contributed by atoms with van der Waals surface area (Å²) in [5.41, 5.74) is -0.691. The highest BCUT2D eigenvalue weighted by Crippen LogP contribution is 2.46. The van der Waals surface area contributed by atoms with Crippen molar-refractivity contribution in [3.63, 3.8) is 0 Å². The van der Waals surface area contributed by atoms with Crippen molar-refractivity contribution in [1.82, 2.24) is 29.6 Å². The van der Waals surface area contributed by atoms with Gasteiger partial charge in [-0.05, 0) is 45.5 Å². The summed E-state index contributed by atoms with van der Waals surface area (Å²) in [6.45, 7) is 10.1. The van der Waals surface area contributed by atoms with E-state index >= 15 is 0 Å². The van der Waals surface area contributed by atoms with Crippen LogP contribution in [0, 0.1) is 0 Å². The van der Waals surface area contributed by atoms with Gasteiger partial charge in [0.25, 0.3) is 0 Å². The number of nitrogens with one attached hydrogen (secondary N) is 1. The Hall–Kier alpha value is -3.41. The van der Waals surface area contributed by atoms with Crippen LogP contribution in [-0.2, 0) is 12.7 Å². The van der Waals surface area contributed by atoms with E-state index in [1.54, 1.807) is 30.5 Å². The summed E-state index contributed by atoms with van der Waals surface area (Å²) in [5, 5.41) is 14.5. The van der Waals surface area contributed by atoms with Gasteiger partial charge in [0.05, 0.1) is 28.1 Å². The second-order valence-electron chi connectivity index (χ2n) is 10.2. The first-order chi connectivity index (χ1) is 19.4. The molecule has 8 nitrogen and oxygen atoms in total. The lowest BCUT2D eigenvalue weighted by Crippen LogP contribution is -2.27. The van der Waals surface area contributed by atoms with Crippen molar-refractivity contribution in [3.05, 3.63) is 59.8 Å². The van der Waals surface area contributed by atoms with Gasteiger partial charge in [0.15, 0.2) is 11.5 Å². The van der Waals surface area contributed by atoms with Gasteiger partial charge in [-0.1, -0.05) is 37.6 Å². The Bertz CT molecular complexity index is 1440. The Morgan fingerprint density at radius 2 is 1.76 bits per heavy atom. The largest absolute Gasteiger partial charge is 0.491 e. The molecule has 0 bridgehead atoms. The van der Waals surface area contributed by atoms with Crippen LogP contribution >= 0.6 is 11.6 Å². The lowest BCUT2D eigenvalue weighted by molar-refractivity contribution is -0.144. The van der Waals surface area contributed by atoms with E-state index in [1.165, 1.54) is 32.4 Å². The molecule has 0 aliphatic heterocycles. The molecule has 0 unspecified atom stereocenters. The first kappa shape index (κ1) is 30.5. The summed E-state index contributed by atoms with van der Waals surface area (Å²) in [5.74, 6) is 0.689. The van der Waals surface area contributed by atoms with Gasteiger partial charge in [0.1, 0.15) is 12.4 Å². The van der Waals surface area contributed by atoms with Gasteiger partial charge in [-0.25, -0.2) is 9.97 Å². The van der Waals surface area contributed by atoms with E-state index in [-0.39, 0.29) is 30.0 Å². The Morgan fingerprint density at radius 1 is 1.05 bits per heavy atom. The highest BCUT2D eigenvalue weighted by molar-refractivity contribution is 6.35. The second kappa shape index (κ2) is 12.6. The normalized spacial score (nSPS) is 12.3. The number of H-pyrrole nitrogens is 1. The molecule has 220 valence electrons. The van der Waals surface area contributed by atoms with Gasteiger partial charge in [-0.2, -0.15) is 18.3 Å². The van der Waals surface area contributed by atoms with Crippen molar-refractivity contribution >= 4 is 11.6 Å². The summed E-state index contributed by atoms with van der Waals surface area (Å²) in [7, 11) is 0. The number of alkyl halides is 3. The van der Waals surface area contributed by atoms with Crippen LogP contribution in [0.1, 0.15) is 39.8 Å². The van der Waals surface area contributed by atoms with Crippen LogP contribution in [-0.4, -0.2) is 66.6 Å². The number of aliphatic hydroxyl groups is 1. The van der Waals surface area contributed by atoms with Gasteiger partial charge in [-0.3, -0.25) is 4.68 Å². The van der Waals surface area contributed by atoms with Gasteiger partial charge in [0.2, 0.25) is 0 Å². The number of nitrogens with zero attached hydrogens (tertiary/aromatic N) is 5. The second-order valence-corrected chi connectivity index (χ2v) is 10.6. The third kappa shape index (κ3) is 7.09. The monoisotopic (exact) mass is 590 g/mol. The highest BCUT2D eigenvalue weighted by atomic mass is 35.5. The van der Waals surface area contributed by atoms with E-state index in [1.807, 2.05) is 0 Å². The molecule has 0 atom stereocenters. The highest BCUT2D eigenvalue weighted by Gasteiger charge is 2.40. The average Bonchev–Trinajstić information content (AvgIpc) is 3.55. The first-order valence-corrected chi connectivity index (χ1v) is 13.8. The van der Waals surface area contributed by atoms with Crippen LogP contribution in [0.5, 0.6) is 5.75 Å². The molecule has 0 saturated heterocycles. The minimum atomic E-state index is -4.72. The van der Waals surface area contributed by atoms with Crippen molar-refractivity contribution in [2.75, 3.05) is 26.2 Å². The molecule has 0 fully saturated rings. The minimum Gasteiger partial charge on any atom is -0.491 e. The Labute approximate surface area is 242 Å². The number of benzene rings is 1. The van der Waals surface area contributed by atoms with E-state index in [2.05, 4.69) is 38.8 Å². The van der Waals surface area contributed by atoms with Crippen molar-refractivity contribution in [1.29, 1.82) is 0 Å². The zero-order valence-electron chi connectivity index (χ0n) is 23.5. The van der Waals surface area contributed by atoms with Crippen LogP contribution in [0.3, 0.4) is 0 Å². The van der Waals surface area contributed by atoms with Crippen molar-refractivity contribution in [3.8, 4) is 39.5 Å². The molecule has 12 heteroatoms. The Kier molecular flexibility index (Phi) is 9.41. The molecular formula is C29H34ClF3N6O2. The molecule has 0 amide bonds. The van der Waals surface area contributed by atoms with E-state index < -0.39 is 17.5 Å². The molecular weight excluding hydrogens is 557 g/mol. The maximum Gasteiger partial charge on any atom is 0.433 e. The van der Waals surface area contributed by atoms with Crippen LogP contribution < -0.4 is 4.74 Å². The third-order valence-corrected chi connectivity index (χ3v) is 7.19. The predicted molar refractivity (Wildman–Crippen MR) is 153 cm³/mol. The fourth-order valence-electron chi connectivity index (χ4n) is 4.58. The lowest BCUT2D eigenvalue weighted by Gasteiger charge is -2.19. The molecule has 1 aromatic carbocycles. The number of aromatic nitrogens is 5. The smallest absolute Gasteiger partial charge is 0.433 e. The molecule has 0 aliphatic rings. The Morgan fingerprint density at radius 3 is 2.39 bits per heavy atom.